The first kappa shape index (κ1) is 20.1. The highest BCUT2D eigenvalue weighted by Crippen LogP contribution is 2.34. The number of benzene rings is 2. The van der Waals surface area contributed by atoms with Gasteiger partial charge in [-0.05, 0) is 77.3 Å². The number of thiocarbonyl (C=S) groups is 1. The Bertz CT molecular complexity index is 1040. The molecule has 0 aliphatic carbocycles. The first-order chi connectivity index (χ1) is 12.8. The van der Waals surface area contributed by atoms with Gasteiger partial charge in [0.25, 0.3) is 5.91 Å². The lowest BCUT2D eigenvalue weighted by molar-refractivity contribution is 0.0951. The number of amides is 1. The number of furan rings is 1. The second-order valence-corrected chi connectivity index (χ2v) is 7.74. The van der Waals surface area contributed by atoms with Crippen LogP contribution in [0, 0.1) is 9.39 Å². The quantitative estimate of drug-likeness (QED) is 0.314. The molecule has 0 atom stereocenters. The van der Waals surface area contributed by atoms with Crippen LogP contribution >= 0.6 is 58.0 Å². The number of halogens is 4. The third-order valence-corrected chi connectivity index (χ3v) is 5.15. The van der Waals surface area contributed by atoms with Crippen molar-refractivity contribution in [2.75, 3.05) is 5.32 Å². The van der Waals surface area contributed by atoms with Crippen molar-refractivity contribution < 1.29 is 13.6 Å². The molecule has 0 bridgehead atoms. The van der Waals surface area contributed by atoms with Crippen LogP contribution in [-0.2, 0) is 0 Å². The second kappa shape index (κ2) is 8.55. The van der Waals surface area contributed by atoms with Gasteiger partial charge < -0.3 is 9.73 Å². The van der Waals surface area contributed by atoms with Crippen LogP contribution in [0.1, 0.15) is 10.6 Å². The minimum Gasteiger partial charge on any atom is -0.451 e. The highest BCUT2D eigenvalue weighted by atomic mass is 127. The standard InChI is InChI=1S/C18H10Cl2FIN2O2S/c19-11-3-1-2-10(16(11)20)14-6-7-15(26-14)17(25)24-18(27)23-13-5-4-9(22)8-12(13)21/h1-8H,(H2,23,24,25,27). The molecule has 0 unspecified atom stereocenters. The topological polar surface area (TPSA) is 54.3 Å². The summed E-state index contributed by atoms with van der Waals surface area (Å²) in [7, 11) is 0. The molecule has 1 heterocycles. The molecule has 2 aromatic carbocycles. The van der Waals surface area contributed by atoms with Gasteiger partial charge in [-0.15, -0.1) is 0 Å². The Morgan fingerprint density at radius 2 is 1.93 bits per heavy atom. The Morgan fingerprint density at radius 3 is 2.67 bits per heavy atom. The molecule has 2 N–H and O–H groups in total. The fourth-order valence-corrected chi connectivity index (χ4v) is 3.26. The summed E-state index contributed by atoms with van der Waals surface area (Å²) in [6, 6.07) is 12.8. The molecule has 1 aromatic heterocycles. The predicted octanol–water partition coefficient (Wildman–Crippen LogP) is 6.12. The molecule has 138 valence electrons. The van der Waals surface area contributed by atoms with E-state index in [9.17, 15) is 9.18 Å². The summed E-state index contributed by atoms with van der Waals surface area (Å²) in [5.41, 5.74) is 0.719. The van der Waals surface area contributed by atoms with Crippen molar-refractivity contribution in [3.8, 4) is 11.3 Å². The van der Waals surface area contributed by atoms with E-state index in [-0.39, 0.29) is 16.6 Å². The summed E-state index contributed by atoms with van der Waals surface area (Å²) in [5.74, 6) is -0.652. The smallest absolute Gasteiger partial charge is 0.293 e. The van der Waals surface area contributed by atoms with Gasteiger partial charge >= 0.3 is 0 Å². The lowest BCUT2D eigenvalue weighted by Crippen LogP contribution is -2.34. The van der Waals surface area contributed by atoms with Gasteiger partial charge in [-0.25, -0.2) is 4.39 Å². The number of hydrogen-bond acceptors (Lipinski definition) is 3. The van der Waals surface area contributed by atoms with Gasteiger partial charge in [-0.3, -0.25) is 10.1 Å². The normalized spacial score (nSPS) is 10.5. The van der Waals surface area contributed by atoms with E-state index < -0.39 is 11.7 Å². The summed E-state index contributed by atoms with van der Waals surface area (Å²) in [5, 5.41) is 5.72. The molecule has 9 heteroatoms. The third kappa shape index (κ3) is 4.78. The molecule has 27 heavy (non-hydrogen) atoms. The molecule has 0 saturated heterocycles. The van der Waals surface area contributed by atoms with E-state index >= 15 is 0 Å². The molecule has 3 rings (SSSR count). The zero-order valence-corrected chi connectivity index (χ0v) is 17.8. The van der Waals surface area contributed by atoms with E-state index in [4.69, 9.17) is 39.8 Å². The maximum absolute atomic E-state index is 13.9. The van der Waals surface area contributed by atoms with Crippen molar-refractivity contribution in [3.63, 3.8) is 0 Å². The monoisotopic (exact) mass is 534 g/mol. The van der Waals surface area contributed by atoms with Gasteiger partial charge in [-0.1, -0.05) is 29.3 Å². The number of carbonyl (C=O) groups is 1. The van der Waals surface area contributed by atoms with Crippen molar-refractivity contribution >= 4 is 74.7 Å². The Morgan fingerprint density at radius 1 is 1.15 bits per heavy atom. The molecule has 0 aliphatic rings. The SMILES string of the molecule is O=C(NC(=S)Nc1ccc(I)cc1F)c1ccc(-c2cccc(Cl)c2Cl)o1. The lowest BCUT2D eigenvalue weighted by Gasteiger charge is -2.09. The number of carbonyl (C=O) groups excluding carboxylic acids is 1. The molecule has 1 amide bonds. The molecule has 0 radical (unpaired) electrons. The van der Waals surface area contributed by atoms with Gasteiger partial charge in [0.05, 0.1) is 15.7 Å². The Kier molecular flexibility index (Phi) is 6.36. The average molecular weight is 535 g/mol. The third-order valence-electron chi connectivity index (χ3n) is 3.45. The molecular weight excluding hydrogens is 525 g/mol. The molecule has 0 saturated carbocycles. The fourth-order valence-electron chi connectivity index (χ4n) is 2.21. The van der Waals surface area contributed by atoms with E-state index in [0.717, 1.165) is 3.57 Å². The molecule has 3 aromatic rings. The molecule has 0 aliphatic heterocycles. The zero-order chi connectivity index (χ0) is 19.6. The summed E-state index contributed by atoms with van der Waals surface area (Å²) in [6.07, 6.45) is 0. The lowest BCUT2D eigenvalue weighted by atomic mass is 10.2. The highest BCUT2D eigenvalue weighted by Gasteiger charge is 2.16. The number of nitrogens with one attached hydrogen (secondary N) is 2. The van der Waals surface area contributed by atoms with Gasteiger partial charge in [-0.2, -0.15) is 0 Å². The Balaban J connectivity index is 1.70. The number of rotatable bonds is 3. The second-order valence-electron chi connectivity index (χ2n) is 5.30. The predicted molar refractivity (Wildman–Crippen MR) is 117 cm³/mol. The van der Waals surface area contributed by atoms with Crippen LogP contribution in [0.15, 0.2) is 52.9 Å². The van der Waals surface area contributed by atoms with Crippen molar-refractivity contribution in [1.29, 1.82) is 0 Å². The number of hydrogen-bond donors (Lipinski definition) is 2. The molecule has 0 fully saturated rings. The van der Waals surface area contributed by atoms with Crippen LogP contribution < -0.4 is 10.6 Å². The fraction of sp³-hybridized carbons (Fsp3) is 0. The van der Waals surface area contributed by atoms with Gasteiger partial charge in [0.15, 0.2) is 10.9 Å². The Hall–Kier alpha value is -1.68. The van der Waals surface area contributed by atoms with E-state index in [1.807, 2.05) is 22.6 Å². The van der Waals surface area contributed by atoms with E-state index in [1.54, 1.807) is 30.3 Å². The van der Waals surface area contributed by atoms with Gasteiger partial charge in [0, 0.05) is 9.13 Å². The summed E-state index contributed by atoms with van der Waals surface area (Å²) in [6.45, 7) is 0. The van der Waals surface area contributed by atoms with Crippen LogP contribution in [0.5, 0.6) is 0 Å². The summed E-state index contributed by atoms with van der Waals surface area (Å²) >= 11 is 19.2. The Labute approximate surface area is 183 Å². The van der Waals surface area contributed by atoms with Crippen molar-refractivity contribution in [3.05, 3.63) is 73.7 Å². The first-order valence-electron chi connectivity index (χ1n) is 7.47. The van der Waals surface area contributed by atoms with Crippen LogP contribution in [-0.4, -0.2) is 11.0 Å². The number of anilines is 1. The van der Waals surface area contributed by atoms with Crippen LogP contribution in [0.2, 0.25) is 10.0 Å². The zero-order valence-electron chi connectivity index (χ0n) is 13.4. The van der Waals surface area contributed by atoms with E-state index in [1.165, 1.54) is 18.2 Å². The minimum atomic E-state index is -0.581. The van der Waals surface area contributed by atoms with Gasteiger partial charge in [0.2, 0.25) is 0 Å². The van der Waals surface area contributed by atoms with E-state index in [0.29, 0.717) is 21.4 Å². The highest BCUT2D eigenvalue weighted by molar-refractivity contribution is 14.1. The molecular formula is C18H10Cl2FIN2O2S. The minimum absolute atomic E-state index is 0.0216. The first-order valence-corrected chi connectivity index (χ1v) is 9.71. The van der Waals surface area contributed by atoms with Crippen LogP contribution in [0.25, 0.3) is 11.3 Å². The van der Waals surface area contributed by atoms with Crippen molar-refractivity contribution in [1.82, 2.24) is 5.32 Å². The van der Waals surface area contributed by atoms with Gasteiger partial charge in [0.1, 0.15) is 11.6 Å². The maximum Gasteiger partial charge on any atom is 0.293 e. The van der Waals surface area contributed by atoms with Crippen molar-refractivity contribution in [2.24, 2.45) is 0 Å². The summed E-state index contributed by atoms with van der Waals surface area (Å²) in [4.78, 5) is 12.3. The van der Waals surface area contributed by atoms with Crippen LogP contribution in [0.4, 0.5) is 10.1 Å². The van der Waals surface area contributed by atoms with Crippen molar-refractivity contribution in [2.45, 2.75) is 0 Å². The van der Waals surface area contributed by atoms with E-state index in [2.05, 4.69) is 10.6 Å². The molecule has 4 nitrogen and oxygen atoms in total. The summed E-state index contributed by atoms with van der Waals surface area (Å²) < 4.78 is 20.1. The van der Waals surface area contributed by atoms with Crippen LogP contribution in [0.3, 0.4) is 0 Å². The maximum atomic E-state index is 13.9. The molecule has 0 spiro atoms. The largest absolute Gasteiger partial charge is 0.451 e. The average Bonchev–Trinajstić information content (AvgIpc) is 3.10.